The molecule has 0 saturated carbocycles. The second-order valence-corrected chi connectivity index (χ2v) is 6.08. The molecule has 0 aliphatic carbocycles. The van der Waals surface area contributed by atoms with Crippen molar-refractivity contribution in [2.24, 2.45) is 0 Å². The SMILES string of the molecule is Cc1ccc(C(=O)N2Cc3cncn3C(CN(C)C)C2)cn1. The molecule has 1 aliphatic heterocycles. The minimum absolute atomic E-state index is 0.0312. The number of nitrogens with zero attached hydrogens (tertiary/aromatic N) is 5. The molecule has 6 nitrogen and oxygen atoms in total. The standard InChI is InChI=1S/C16H21N5O/c1-12-4-5-13(6-18-12)16(22)20-9-14-7-17-11-21(14)15(10-20)8-19(2)3/h4-7,11,15H,8-10H2,1-3H3. The lowest BCUT2D eigenvalue weighted by molar-refractivity contribution is 0.0663. The van der Waals surface area contributed by atoms with Crippen LogP contribution in [0.25, 0.3) is 0 Å². The van der Waals surface area contributed by atoms with E-state index in [0.717, 1.165) is 17.9 Å². The van der Waals surface area contributed by atoms with Crippen LogP contribution in [0.2, 0.25) is 0 Å². The monoisotopic (exact) mass is 299 g/mol. The topological polar surface area (TPSA) is 54.3 Å². The van der Waals surface area contributed by atoms with Crippen molar-refractivity contribution >= 4 is 5.91 Å². The number of fused-ring (bicyclic) bond motifs is 1. The summed E-state index contributed by atoms with van der Waals surface area (Å²) < 4.78 is 2.18. The normalized spacial score (nSPS) is 17.6. The summed E-state index contributed by atoms with van der Waals surface area (Å²) in [7, 11) is 4.09. The predicted molar refractivity (Wildman–Crippen MR) is 83.5 cm³/mol. The Balaban J connectivity index is 1.83. The number of imidazole rings is 1. The van der Waals surface area contributed by atoms with E-state index in [2.05, 4.69) is 19.4 Å². The summed E-state index contributed by atoms with van der Waals surface area (Å²) in [5.41, 5.74) is 2.63. The smallest absolute Gasteiger partial charge is 0.255 e. The Labute approximate surface area is 130 Å². The Morgan fingerprint density at radius 1 is 1.36 bits per heavy atom. The van der Waals surface area contributed by atoms with Crippen molar-refractivity contribution in [3.63, 3.8) is 0 Å². The summed E-state index contributed by atoms with van der Waals surface area (Å²) in [6.45, 7) is 4.07. The van der Waals surface area contributed by atoms with Gasteiger partial charge in [-0.15, -0.1) is 0 Å². The van der Waals surface area contributed by atoms with Gasteiger partial charge in [0.25, 0.3) is 5.91 Å². The fraction of sp³-hybridized carbons (Fsp3) is 0.438. The number of likely N-dealkylation sites (N-methyl/N-ethyl adjacent to an activating group) is 1. The molecule has 0 radical (unpaired) electrons. The molecule has 1 amide bonds. The zero-order chi connectivity index (χ0) is 15.7. The van der Waals surface area contributed by atoms with Gasteiger partial charge in [-0.25, -0.2) is 4.98 Å². The molecule has 1 aliphatic rings. The first-order chi connectivity index (χ1) is 10.5. The quantitative estimate of drug-likeness (QED) is 0.858. The van der Waals surface area contributed by atoms with Gasteiger partial charge >= 0.3 is 0 Å². The van der Waals surface area contributed by atoms with Crippen LogP contribution in [-0.2, 0) is 6.54 Å². The maximum absolute atomic E-state index is 12.7. The molecule has 3 heterocycles. The molecular weight excluding hydrogens is 278 g/mol. The van der Waals surface area contributed by atoms with Crippen LogP contribution < -0.4 is 0 Å². The van der Waals surface area contributed by atoms with Crippen molar-refractivity contribution in [3.05, 3.63) is 47.8 Å². The number of hydrogen-bond donors (Lipinski definition) is 0. The number of carbonyl (C=O) groups is 1. The van der Waals surface area contributed by atoms with Crippen LogP contribution in [0.1, 0.15) is 27.8 Å². The van der Waals surface area contributed by atoms with E-state index >= 15 is 0 Å². The number of carbonyl (C=O) groups excluding carboxylic acids is 1. The summed E-state index contributed by atoms with van der Waals surface area (Å²) in [5.74, 6) is 0.0312. The number of hydrogen-bond acceptors (Lipinski definition) is 4. The Morgan fingerprint density at radius 2 is 2.18 bits per heavy atom. The van der Waals surface area contributed by atoms with E-state index < -0.39 is 0 Å². The van der Waals surface area contributed by atoms with Crippen molar-refractivity contribution in [3.8, 4) is 0 Å². The van der Waals surface area contributed by atoms with Crippen LogP contribution in [0.4, 0.5) is 0 Å². The first-order valence-corrected chi connectivity index (χ1v) is 7.42. The van der Waals surface area contributed by atoms with E-state index in [9.17, 15) is 4.79 Å². The molecule has 22 heavy (non-hydrogen) atoms. The highest BCUT2D eigenvalue weighted by molar-refractivity contribution is 5.94. The maximum Gasteiger partial charge on any atom is 0.255 e. The molecule has 0 saturated heterocycles. The van der Waals surface area contributed by atoms with E-state index in [1.54, 1.807) is 6.20 Å². The predicted octanol–water partition coefficient (Wildman–Crippen LogP) is 1.35. The third-order valence-electron chi connectivity index (χ3n) is 3.95. The average molecular weight is 299 g/mol. The van der Waals surface area contributed by atoms with Crippen molar-refractivity contribution in [1.82, 2.24) is 24.3 Å². The highest BCUT2D eigenvalue weighted by Gasteiger charge is 2.28. The number of rotatable bonds is 3. The molecule has 1 atom stereocenters. The number of aromatic nitrogens is 3. The number of pyridine rings is 1. The minimum Gasteiger partial charge on any atom is -0.331 e. The molecule has 0 spiro atoms. The van der Waals surface area contributed by atoms with Crippen LogP contribution in [-0.4, -0.2) is 57.4 Å². The summed E-state index contributed by atoms with van der Waals surface area (Å²) in [6.07, 6.45) is 5.36. The third kappa shape index (κ3) is 2.87. The van der Waals surface area contributed by atoms with E-state index in [1.807, 2.05) is 50.6 Å². The molecule has 2 aromatic heterocycles. The zero-order valence-electron chi connectivity index (χ0n) is 13.2. The van der Waals surface area contributed by atoms with Crippen LogP contribution in [0, 0.1) is 6.92 Å². The van der Waals surface area contributed by atoms with Gasteiger partial charge in [-0.3, -0.25) is 9.78 Å². The number of aryl methyl sites for hydroxylation is 1. The van der Waals surface area contributed by atoms with Gasteiger partial charge in [0.05, 0.1) is 30.2 Å². The van der Waals surface area contributed by atoms with Gasteiger partial charge in [0.1, 0.15) is 0 Å². The third-order valence-corrected chi connectivity index (χ3v) is 3.95. The Morgan fingerprint density at radius 3 is 2.86 bits per heavy atom. The van der Waals surface area contributed by atoms with E-state index in [0.29, 0.717) is 18.7 Å². The summed E-state index contributed by atoms with van der Waals surface area (Å²) >= 11 is 0. The van der Waals surface area contributed by atoms with Crippen molar-refractivity contribution < 1.29 is 4.79 Å². The van der Waals surface area contributed by atoms with E-state index in [-0.39, 0.29) is 11.9 Å². The van der Waals surface area contributed by atoms with Crippen LogP contribution >= 0.6 is 0 Å². The fourth-order valence-electron chi connectivity index (χ4n) is 2.88. The van der Waals surface area contributed by atoms with Gasteiger partial charge in [0.2, 0.25) is 0 Å². The zero-order valence-corrected chi connectivity index (χ0v) is 13.2. The lowest BCUT2D eigenvalue weighted by Crippen LogP contribution is -2.43. The van der Waals surface area contributed by atoms with E-state index in [4.69, 9.17) is 0 Å². The molecule has 0 fully saturated rings. The van der Waals surface area contributed by atoms with Crippen LogP contribution in [0.3, 0.4) is 0 Å². The summed E-state index contributed by atoms with van der Waals surface area (Å²) in [6, 6.07) is 3.94. The van der Waals surface area contributed by atoms with Crippen molar-refractivity contribution in [2.45, 2.75) is 19.5 Å². The molecule has 1 unspecified atom stereocenters. The maximum atomic E-state index is 12.7. The van der Waals surface area contributed by atoms with Gasteiger partial charge in [-0.2, -0.15) is 0 Å². The highest BCUT2D eigenvalue weighted by atomic mass is 16.2. The van der Waals surface area contributed by atoms with E-state index in [1.165, 1.54) is 0 Å². The molecule has 3 rings (SSSR count). The Bertz CT molecular complexity index is 661. The molecule has 6 heteroatoms. The van der Waals surface area contributed by atoms with Gasteiger partial charge in [-0.1, -0.05) is 0 Å². The van der Waals surface area contributed by atoms with Gasteiger partial charge in [0, 0.05) is 31.2 Å². The Hall–Kier alpha value is -2.21. The van der Waals surface area contributed by atoms with Crippen LogP contribution in [0.5, 0.6) is 0 Å². The Kier molecular flexibility index (Phi) is 3.94. The first-order valence-electron chi connectivity index (χ1n) is 7.42. The van der Waals surface area contributed by atoms with Crippen molar-refractivity contribution in [1.29, 1.82) is 0 Å². The van der Waals surface area contributed by atoms with Gasteiger partial charge < -0.3 is 14.4 Å². The second-order valence-electron chi connectivity index (χ2n) is 6.08. The van der Waals surface area contributed by atoms with Crippen LogP contribution in [0.15, 0.2) is 30.9 Å². The minimum atomic E-state index is 0.0312. The average Bonchev–Trinajstić information content (AvgIpc) is 2.95. The molecule has 0 aromatic carbocycles. The first kappa shape index (κ1) is 14.7. The molecule has 116 valence electrons. The molecule has 0 N–H and O–H groups in total. The number of amides is 1. The summed E-state index contributed by atoms with van der Waals surface area (Å²) in [4.78, 5) is 25.2. The largest absolute Gasteiger partial charge is 0.331 e. The molecule has 0 bridgehead atoms. The summed E-state index contributed by atoms with van der Waals surface area (Å²) in [5, 5.41) is 0. The van der Waals surface area contributed by atoms with Gasteiger partial charge in [0.15, 0.2) is 0 Å². The molecule has 2 aromatic rings. The van der Waals surface area contributed by atoms with Gasteiger partial charge in [-0.05, 0) is 33.2 Å². The highest BCUT2D eigenvalue weighted by Crippen LogP contribution is 2.22. The van der Waals surface area contributed by atoms with Crippen molar-refractivity contribution in [2.75, 3.05) is 27.2 Å². The molecular formula is C16H21N5O. The fourth-order valence-corrected chi connectivity index (χ4v) is 2.88. The lowest BCUT2D eigenvalue weighted by atomic mass is 10.1. The lowest BCUT2D eigenvalue weighted by Gasteiger charge is -2.35. The second kappa shape index (κ2) is 5.88.